The fourth-order valence-electron chi connectivity index (χ4n) is 3.83. The number of alkyl halides is 3. The normalized spacial score (nSPS) is 14.3. The van der Waals surface area contributed by atoms with Gasteiger partial charge in [0.15, 0.2) is 11.5 Å². The average Bonchev–Trinajstić information content (AvgIpc) is 2.83. The Hall–Kier alpha value is -3.18. The Kier molecular flexibility index (Phi) is 7.24. The van der Waals surface area contributed by atoms with Gasteiger partial charge in [0, 0.05) is 26.2 Å². The summed E-state index contributed by atoms with van der Waals surface area (Å²) < 4.78 is 58.7. The minimum atomic E-state index is -4.89. The molecule has 1 aromatic heterocycles. The van der Waals surface area contributed by atoms with Crippen LogP contribution >= 0.6 is 23.2 Å². The molecule has 1 amide bonds. The Labute approximate surface area is 212 Å². The molecule has 2 heterocycles. The predicted octanol–water partition coefficient (Wildman–Crippen LogP) is 5.23. The second kappa shape index (κ2) is 10.1. The van der Waals surface area contributed by atoms with Crippen molar-refractivity contribution in [1.29, 1.82) is 0 Å². The molecule has 0 unspecified atom stereocenters. The number of carbonyl (C=O) groups is 2. The van der Waals surface area contributed by atoms with Crippen LogP contribution in [0.2, 0.25) is 10.0 Å². The number of benzene rings is 2. The Bertz CT molecular complexity index is 1350. The van der Waals surface area contributed by atoms with E-state index >= 15 is 0 Å². The first-order valence-electron chi connectivity index (χ1n) is 10.7. The summed E-state index contributed by atoms with van der Waals surface area (Å²) in [6.45, 7) is 2.07. The first-order chi connectivity index (χ1) is 17.0. The minimum absolute atomic E-state index is 0.0247. The van der Waals surface area contributed by atoms with Crippen LogP contribution in [-0.2, 0) is 10.9 Å². The lowest BCUT2D eigenvalue weighted by Gasteiger charge is -2.36. The van der Waals surface area contributed by atoms with E-state index in [1.54, 1.807) is 11.8 Å². The fraction of sp³-hybridized carbons (Fsp3) is 0.304. The van der Waals surface area contributed by atoms with E-state index in [0.717, 1.165) is 12.1 Å². The van der Waals surface area contributed by atoms with E-state index < -0.39 is 35.0 Å². The van der Waals surface area contributed by atoms with Gasteiger partial charge in [-0.2, -0.15) is 13.2 Å². The molecule has 2 aromatic carbocycles. The molecule has 4 rings (SSSR count). The molecule has 1 aliphatic rings. The molecule has 1 saturated heterocycles. The van der Waals surface area contributed by atoms with Crippen molar-refractivity contribution in [2.75, 3.05) is 37.7 Å². The predicted molar refractivity (Wildman–Crippen MR) is 125 cm³/mol. The molecule has 190 valence electrons. The van der Waals surface area contributed by atoms with Gasteiger partial charge in [0.05, 0.1) is 38.8 Å². The van der Waals surface area contributed by atoms with Crippen LogP contribution in [0.25, 0.3) is 11.0 Å². The first kappa shape index (κ1) is 25.9. The molecule has 0 spiro atoms. The van der Waals surface area contributed by atoms with Crippen LogP contribution in [-0.4, -0.2) is 59.5 Å². The third-order valence-corrected chi connectivity index (χ3v) is 6.26. The molecule has 1 aliphatic heterocycles. The number of amides is 1. The highest BCUT2D eigenvalue weighted by Crippen LogP contribution is 2.34. The molecule has 3 aromatic rings. The van der Waals surface area contributed by atoms with Crippen molar-refractivity contribution >= 4 is 51.9 Å². The molecule has 0 saturated carbocycles. The van der Waals surface area contributed by atoms with Crippen LogP contribution in [0.3, 0.4) is 0 Å². The number of hydrogen-bond acceptors (Lipinski definition) is 6. The maximum Gasteiger partial charge on any atom is 0.417 e. The van der Waals surface area contributed by atoms with Crippen LogP contribution in [0, 0.1) is 5.82 Å². The van der Waals surface area contributed by atoms with Gasteiger partial charge in [-0.15, -0.1) is 0 Å². The number of esters is 1. The summed E-state index contributed by atoms with van der Waals surface area (Å²) in [4.78, 5) is 37.3. The zero-order valence-corrected chi connectivity index (χ0v) is 20.2. The van der Waals surface area contributed by atoms with Crippen LogP contribution in [0.15, 0.2) is 30.3 Å². The smallest absolute Gasteiger partial charge is 0.417 e. The summed E-state index contributed by atoms with van der Waals surface area (Å²) in [5.74, 6) is -2.50. The Morgan fingerprint density at radius 3 is 2.19 bits per heavy atom. The van der Waals surface area contributed by atoms with Crippen molar-refractivity contribution in [2.24, 2.45) is 0 Å². The second-order valence-electron chi connectivity index (χ2n) is 7.84. The first-order valence-corrected chi connectivity index (χ1v) is 11.5. The van der Waals surface area contributed by atoms with E-state index in [-0.39, 0.29) is 54.3 Å². The number of fused-ring (bicyclic) bond motifs is 1. The maximum atomic E-state index is 13.4. The molecule has 0 aliphatic carbocycles. The van der Waals surface area contributed by atoms with Gasteiger partial charge in [0.25, 0.3) is 5.91 Å². The van der Waals surface area contributed by atoms with E-state index in [1.165, 1.54) is 17.0 Å². The molecule has 13 heteroatoms. The fourth-order valence-corrected chi connectivity index (χ4v) is 4.14. The zero-order chi connectivity index (χ0) is 26.2. The van der Waals surface area contributed by atoms with Crippen molar-refractivity contribution in [1.82, 2.24) is 14.9 Å². The number of anilines is 1. The highest BCUT2D eigenvalue weighted by Gasteiger charge is 2.37. The van der Waals surface area contributed by atoms with E-state index in [0.29, 0.717) is 17.1 Å². The lowest BCUT2D eigenvalue weighted by molar-refractivity contribution is -0.138. The van der Waals surface area contributed by atoms with Gasteiger partial charge in [-0.3, -0.25) is 4.79 Å². The molecule has 7 nitrogen and oxygen atoms in total. The second-order valence-corrected chi connectivity index (χ2v) is 8.65. The van der Waals surface area contributed by atoms with Gasteiger partial charge in [-0.1, -0.05) is 23.2 Å². The van der Waals surface area contributed by atoms with Crippen LogP contribution < -0.4 is 4.90 Å². The molecular formula is C23H18Cl2F4N4O3. The zero-order valence-electron chi connectivity index (χ0n) is 18.7. The molecule has 0 bridgehead atoms. The van der Waals surface area contributed by atoms with E-state index in [1.807, 2.05) is 0 Å². The molecule has 36 heavy (non-hydrogen) atoms. The third kappa shape index (κ3) is 5.17. The molecule has 0 N–H and O–H groups in total. The number of halogens is 6. The van der Waals surface area contributed by atoms with Crippen molar-refractivity contribution in [3.8, 4) is 0 Å². The number of rotatable bonds is 4. The molecule has 1 fully saturated rings. The van der Waals surface area contributed by atoms with E-state index in [9.17, 15) is 27.2 Å². The molecule has 0 atom stereocenters. The Morgan fingerprint density at radius 2 is 1.61 bits per heavy atom. The average molecular weight is 545 g/mol. The molecular weight excluding hydrogens is 527 g/mol. The van der Waals surface area contributed by atoms with Gasteiger partial charge < -0.3 is 14.5 Å². The lowest BCUT2D eigenvalue weighted by Crippen LogP contribution is -2.49. The lowest BCUT2D eigenvalue weighted by atomic mass is 10.0. The number of ether oxygens (including phenoxy) is 1. The van der Waals surface area contributed by atoms with Gasteiger partial charge in [0.1, 0.15) is 5.82 Å². The van der Waals surface area contributed by atoms with Crippen molar-refractivity contribution in [3.05, 3.63) is 63.0 Å². The maximum absolute atomic E-state index is 13.4. The topological polar surface area (TPSA) is 75.6 Å². The summed E-state index contributed by atoms with van der Waals surface area (Å²) in [5, 5.41) is 0.468. The van der Waals surface area contributed by atoms with Gasteiger partial charge in [-0.25, -0.2) is 19.2 Å². The number of piperazine rings is 1. The number of nitrogens with zero attached hydrogens (tertiary/aromatic N) is 4. The van der Waals surface area contributed by atoms with Gasteiger partial charge in [-0.05, 0) is 37.3 Å². The van der Waals surface area contributed by atoms with Gasteiger partial charge in [0.2, 0.25) is 0 Å². The van der Waals surface area contributed by atoms with Crippen molar-refractivity contribution in [3.63, 3.8) is 0 Å². The SMILES string of the molecule is CCOC(=O)c1nc2cc(Cl)c(Cl)cc2nc1N1CCN(C(=O)c2ccc(F)cc2C(F)(F)F)CC1. The monoisotopic (exact) mass is 544 g/mol. The third-order valence-electron chi connectivity index (χ3n) is 5.54. The number of hydrogen-bond donors (Lipinski definition) is 0. The van der Waals surface area contributed by atoms with Gasteiger partial charge >= 0.3 is 12.1 Å². The van der Waals surface area contributed by atoms with Crippen molar-refractivity contribution < 1.29 is 31.9 Å². The van der Waals surface area contributed by atoms with Crippen molar-refractivity contribution in [2.45, 2.75) is 13.1 Å². The Morgan fingerprint density at radius 1 is 1.00 bits per heavy atom. The Balaban J connectivity index is 1.62. The van der Waals surface area contributed by atoms with E-state index in [2.05, 4.69) is 9.97 Å². The minimum Gasteiger partial charge on any atom is -0.461 e. The van der Waals surface area contributed by atoms with Crippen LogP contribution in [0.4, 0.5) is 23.4 Å². The highest BCUT2D eigenvalue weighted by atomic mass is 35.5. The number of carbonyl (C=O) groups excluding carboxylic acids is 2. The molecule has 0 radical (unpaired) electrons. The van der Waals surface area contributed by atoms with E-state index in [4.69, 9.17) is 27.9 Å². The number of aromatic nitrogens is 2. The summed E-state index contributed by atoms with van der Waals surface area (Å²) in [6, 6.07) is 4.91. The standard InChI is InChI=1S/C23H18Cl2F4N4O3/c1-2-36-22(35)19-20(31-18-11-16(25)15(24)10-17(18)30-19)32-5-7-33(8-6-32)21(34)13-4-3-12(26)9-14(13)23(27,28)29/h3-4,9-11H,2,5-8H2,1H3. The summed E-state index contributed by atoms with van der Waals surface area (Å²) in [5.41, 5.74) is -1.36. The van der Waals surface area contributed by atoms with Crippen LogP contribution in [0.1, 0.15) is 33.3 Å². The van der Waals surface area contributed by atoms with Crippen LogP contribution in [0.5, 0.6) is 0 Å². The quantitative estimate of drug-likeness (QED) is 0.330. The largest absolute Gasteiger partial charge is 0.461 e. The highest BCUT2D eigenvalue weighted by molar-refractivity contribution is 6.42. The summed E-state index contributed by atoms with van der Waals surface area (Å²) in [6.07, 6.45) is -4.89. The summed E-state index contributed by atoms with van der Waals surface area (Å²) >= 11 is 12.2. The summed E-state index contributed by atoms with van der Waals surface area (Å²) in [7, 11) is 0.